The smallest absolute Gasteiger partial charge is 0.357 e. The quantitative estimate of drug-likeness (QED) is 0.587. The first-order valence-electron chi connectivity index (χ1n) is 9.81. The number of nitriles is 1. The molecule has 0 saturated carbocycles. The Morgan fingerprint density at radius 3 is 2.56 bits per heavy atom. The number of amides is 1. The summed E-state index contributed by atoms with van der Waals surface area (Å²) in [5.41, 5.74) is 7.70. The molecule has 4 rings (SSSR count). The molecule has 3 heterocycles. The largest absolute Gasteiger partial charge is 0.464 e. The van der Waals surface area contributed by atoms with E-state index in [1.165, 1.54) is 29.2 Å². The summed E-state index contributed by atoms with van der Waals surface area (Å²) in [5.74, 6) is -0.592. The van der Waals surface area contributed by atoms with Crippen molar-refractivity contribution in [2.45, 2.75) is 0 Å². The van der Waals surface area contributed by atoms with Crippen molar-refractivity contribution >= 4 is 46.2 Å². The van der Waals surface area contributed by atoms with Gasteiger partial charge in [0.2, 0.25) is 0 Å². The molecule has 0 bridgehead atoms. The fourth-order valence-electron chi connectivity index (χ4n) is 3.73. The van der Waals surface area contributed by atoms with Gasteiger partial charge in [0.05, 0.1) is 33.9 Å². The molecule has 2 aromatic heterocycles. The zero-order chi connectivity index (χ0) is 22.8. The molecule has 164 valence electrons. The number of halogens is 1. The summed E-state index contributed by atoms with van der Waals surface area (Å²) in [7, 11) is 1.25. The van der Waals surface area contributed by atoms with Crippen LogP contribution in [0.3, 0.4) is 0 Å². The third-order valence-corrected chi connectivity index (χ3v) is 6.55. The van der Waals surface area contributed by atoms with E-state index < -0.39 is 5.97 Å². The van der Waals surface area contributed by atoms with Crippen LogP contribution in [-0.2, 0) is 4.74 Å². The fraction of sp³-hybridized carbons (Fsp3) is 0.227. The van der Waals surface area contributed by atoms with Crippen molar-refractivity contribution < 1.29 is 14.3 Å². The van der Waals surface area contributed by atoms with Crippen molar-refractivity contribution in [3.63, 3.8) is 0 Å². The van der Waals surface area contributed by atoms with Crippen LogP contribution in [0.1, 0.15) is 25.7 Å². The minimum Gasteiger partial charge on any atom is -0.464 e. The van der Waals surface area contributed by atoms with Gasteiger partial charge in [-0.15, -0.1) is 11.3 Å². The van der Waals surface area contributed by atoms with Crippen LogP contribution in [0.5, 0.6) is 0 Å². The van der Waals surface area contributed by atoms with Crippen LogP contribution < -0.4 is 10.6 Å². The lowest BCUT2D eigenvalue weighted by Gasteiger charge is -2.36. The van der Waals surface area contributed by atoms with Gasteiger partial charge in [0.25, 0.3) is 5.91 Å². The summed E-state index contributed by atoms with van der Waals surface area (Å²) in [6.07, 6.45) is 1.49. The second-order valence-electron chi connectivity index (χ2n) is 7.17. The lowest BCUT2D eigenvalue weighted by Crippen LogP contribution is -2.48. The molecule has 0 radical (unpaired) electrons. The average Bonchev–Trinajstić information content (AvgIpc) is 3.46. The number of benzene rings is 1. The maximum Gasteiger partial charge on any atom is 0.357 e. The summed E-state index contributed by atoms with van der Waals surface area (Å²) in [5, 5.41) is 11.7. The molecule has 1 aliphatic heterocycles. The highest BCUT2D eigenvalue weighted by Crippen LogP contribution is 2.32. The Balaban J connectivity index is 1.55. The molecule has 10 heteroatoms. The van der Waals surface area contributed by atoms with E-state index in [0.29, 0.717) is 36.9 Å². The first-order valence-corrected chi connectivity index (χ1v) is 11.1. The van der Waals surface area contributed by atoms with Crippen molar-refractivity contribution in [3.05, 3.63) is 63.1 Å². The first kappa shape index (κ1) is 21.7. The molecule has 32 heavy (non-hydrogen) atoms. The zero-order valence-electron chi connectivity index (χ0n) is 17.2. The molecule has 0 spiro atoms. The van der Waals surface area contributed by atoms with E-state index in [-0.39, 0.29) is 22.9 Å². The van der Waals surface area contributed by atoms with Crippen LogP contribution in [0, 0.1) is 11.3 Å². The number of esters is 1. The molecule has 0 atom stereocenters. The van der Waals surface area contributed by atoms with Gasteiger partial charge in [-0.2, -0.15) is 5.26 Å². The zero-order valence-corrected chi connectivity index (χ0v) is 18.8. The Morgan fingerprint density at radius 2 is 1.97 bits per heavy atom. The van der Waals surface area contributed by atoms with E-state index in [9.17, 15) is 14.9 Å². The maximum absolute atomic E-state index is 12.6. The van der Waals surface area contributed by atoms with Crippen molar-refractivity contribution in [2.24, 2.45) is 0 Å². The minimum atomic E-state index is -0.643. The van der Waals surface area contributed by atoms with Crippen LogP contribution in [0.15, 0.2) is 41.9 Å². The standard InChI is InChI=1S/C22H20ClN5O3S/c1-31-22(30)20-19(25)14(12-24)13-28(20)15-4-5-17(16(23)11-15)26-6-8-27(9-7-26)21(29)18-3-2-10-32-18/h2-5,10-11,13H,6-9,25H2,1H3. The Hall–Kier alpha value is -3.48. The molecule has 3 aromatic rings. The van der Waals surface area contributed by atoms with Gasteiger partial charge >= 0.3 is 5.97 Å². The number of carbonyl (C=O) groups excluding carboxylic acids is 2. The molecule has 0 aliphatic carbocycles. The molecular formula is C22H20ClN5O3S. The normalized spacial score (nSPS) is 13.7. The van der Waals surface area contributed by atoms with Crippen LogP contribution in [0.2, 0.25) is 5.02 Å². The van der Waals surface area contributed by atoms with Gasteiger partial charge in [0.15, 0.2) is 5.69 Å². The maximum atomic E-state index is 12.6. The van der Waals surface area contributed by atoms with Gasteiger partial charge in [0, 0.05) is 38.1 Å². The van der Waals surface area contributed by atoms with Crippen molar-refractivity contribution in [3.8, 4) is 11.8 Å². The van der Waals surface area contributed by atoms with E-state index in [0.717, 1.165) is 10.6 Å². The third-order valence-electron chi connectivity index (χ3n) is 5.39. The van der Waals surface area contributed by atoms with Crippen LogP contribution in [0.25, 0.3) is 5.69 Å². The number of rotatable bonds is 4. The Kier molecular flexibility index (Phi) is 6.08. The molecular weight excluding hydrogens is 450 g/mol. The monoisotopic (exact) mass is 469 g/mol. The van der Waals surface area contributed by atoms with Crippen LogP contribution in [0.4, 0.5) is 11.4 Å². The lowest BCUT2D eigenvalue weighted by molar-refractivity contribution is 0.0592. The van der Waals surface area contributed by atoms with E-state index >= 15 is 0 Å². The lowest BCUT2D eigenvalue weighted by atomic mass is 10.2. The Bertz CT molecular complexity index is 1210. The highest BCUT2D eigenvalue weighted by atomic mass is 35.5. The van der Waals surface area contributed by atoms with Gasteiger partial charge in [-0.05, 0) is 29.6 Å². The van der Waals surface area contributed by atoms with E-state index in [1.807, 2.05) is 34.5 Å². The molecule has 8 nitrogen and oxygen atoms in total. The molecule has 2 N–H and O–H groups in total. The second-order valence-corrected chi connectivity index (χ2v) is 8.53. The number of piperazine rings is 1. The number of hydrogen-bond acceptors (Lipinski definition) is 7. The summed E-state index contributed by atoms with van der Waals surface area (Å²) in [4.78, 5) is 29.5. The van der Waals surface area contributed by atoms with Crippen molar-refractivity contribution in [2.75, 3.05) is 43.9 Å². The number of nitrogens with zero attached hydrogens (tertiary/aromatic N) is 4. The Morgan fingerprint density at radius 1 is 1.22 bits per heavy atom. The third kappa shape index (κ3) is 3.90. The summed E-state index contributed by atoms with van der Waals surface area (Å²) in [6.45, 7) is 2.50. The number of thiophene rings is 1. The van der Waals surface area contributed by atoms with Crippen molar-refractivity contribution in [1.29, 1.82) is 5.26 Å². The van der Waals surface area contributed by atoms with Gasteiger partial charge in [-0.25, -0.2) is 4.79 Å². The van der Waals surface area contributed by atoms with E-state index in [4.69, 9.17) is 22.1 Å². The number of aromatic nitrogens is 1. The van der Waals surface area contributed by atoms with Crippen LogP contribution in [-0.4, -0.2) is 54.6 Å². The minimum absolute atomic E-state index is 0.0509. The number of hydrogen-bond donors (Lipinski definition) is 1. The van der Waals surface area contributed by atoms with Crippen LogP contribution >= 0.6 is 22.9 Å². The molecule has 1 aliphatic rings. The van der Waals surface area contributed by atoms with Gasteiger partial charge in [0.1, 0.15) is 6.07 Å². The van der Waals surface area contributed by atoms with Crippen molar-refractivity contribution in [1.82, 2.24) is 9.47 Å². The summed E-state index contributed by atoms with van der Waals surface area (Å²) >= 11 is 8.04. The SMILES string of the molecule is COC(=O)c1c(N)c(C#N)cn1-c1ccc(N2CCN(C(=O)c3cccs3)CC2)c(Cl)c1. The van der Waals surface area contributed by atoms with Gasteiger partial charge in [-0.1, -0.05) is 17.7 Å². The molecule has 1 fully saturated rings. The average molecular weight is 470 g/mol. The molecule has 1 aromatic carbocycles. The number of anilines is 2. The Labute approximate surface area is 194 Å². The van der Waals surface area contributed by atoms with Gasteiger partial charge in [-0.3, -0.25) is 4.79 Å². The molecule has 0 unspecified atom stereocenters. The molecule has 1 amide bonds. The number of carbonyl (C=O) groups is 2. The highest BCUT2D eigenvalue weighted by molar-refractivity contribution is 7.12. The number of ether oxygens (including phenoxy) is 1. The second kappa shape index (κ2) is 8.94. The number of methoxy groups -OCH3 is 1. The number of nitrogens with two attached hydrogens (primary N) is 1. The number of nitrogen functional groups attached to an aromatic ring is 1. The van der Waals surface area contributed by atoms with E-state index in [2.05, 4.69) is 4.90 Å². The topological polar surface area (TPSA) is 105 Å². The summed E-state index contributed by atoms with van der Waals surface area (Å²) < 4.78 is 6.33. The highest BCUT2D eigenvalue weighted by Gasteiger charge is 2.25. The predicted molar refractivity (Wildman–Crippen MR) is 124 cm³/mol. The van der Waals surface area contributed by atoms with Gasteiger partial charge < -0.3 is 24.8 Å². The fourth-order valence-corrected chi connectivity index (χ4v) is 4.71. The van der Waals surface area contributed by atoms with E-state index in [1.54, 1.807) is 12.1 Å². The first-order chi connectivity index (χ1) is 15.4. The predicted octanol–water partition coefficient (Wildman–Crippen LogP) is 3.40. The summed E-state index contributed by atoms with van der Waals surface area (Å²) in [6, 6.07) is 11.1. The molecule has 1 saturated heterocycles.